The molecule has 0 atom stereocenters. The quantitative estimate of drug-likeness (QED) is 0.242. The maximum atomic E-state index is 13.1. The average Bonchev–Trinajstić information content (AvgIpc) is 3.52. The first kappa shape index (κ1) is 26.9. The van der Waals surface area contributed by atoms with Crippen molar-refractivity contribution in [3.63, 3.8) is 0 Å². The van der Waals surface area contributed by atoms with E-state index in [-0.39, 0.29) is 15.9 Å². The molecule has 4 aromatic rings. The van der Waals surface area contributed by atoms with E-state index in [1.54, 1.807) is 13.2 Å². The molecule has 3 heterocycles. The Hall–Kier alpha value is -2.72. The van der Waals surface area contributed by atoms with Crippen LogP contribution in [0.1, 0.15) is 36.1 Å². The van der Waals surface area contributed by atoms with E-state index in [0.29, 0.717) is 59.5 Å². The predicted molar refractivity (Wildman–Crippen MR) is 149 cm³/mol. The fraction of sp³-hybridized carbons (Fsp3) is 0.357. The number of ketones is 1. The Balaban J connectivity index is 1.39. The Bertz CT molecular complexity index is 1550. The number of thiophene rings is 1. The molecule has 0 spiro atoms. The minimum Gasteiger partial charge on any atom is -0.496 e. The third kappa shape index (κ3) is 5.96. The van der Waals surface area contributed by atoms with Gasteiger partial charge in [-0.25, -0.2) is 8.42 Å². The van der Waals surface area contributed by atoms with Crippen molar-refractivity contribution >= 4 is 49.5 Å². The van der Waals surface area contributed by atoms with Gasteiger partial charge in [-0.2, -0.15) is 5.10 Å². The fourth-order valence-electron chi connectivity index (χ4n) is 4.93. The van der Waals surface area contributed by atoms with Crippen molar-refractivity contribution in [2.45, 2.75) is 42.2 Å². The van der Waals surface area contributed by atoms with Crippen molar-refractivity contribution < 1.29 is 22.7 Å². The highest BCUT2D eigenvalue weighted by atomic mass is 35.5. The van der Waals surface area contributed by atoms with E-state index in [1.165, 1.54) is 6.07 Å². The summed E-state index contributed by atoms with van der Waals surface area (Å²) in [5, 5.41) is 5.42. The number of benzene rings is 2. The van der Waals surface area contributed by atoms with Gasteiger partial charge in [0, 0.05) is 25.6 Å². The number of hydrogen-bond acceptors (Lipinski definition) is 7. The highest BCUT2D eigenvalue weighted by Crippen LogP contribution is 2.33. The molecule has 1 aliphatic heterocycles. The van der Waals surface area contributed by atoms with Crippen LogP contribution in [0.2, 0.25) is 4.34 Å². The van der Waals surface area contributed by atoms with Gasteiger partial charge in [0.2, 0.25) is 0 Å². The summed E-state index contributed by atoms with van der Waals surface area (Å²) in [5.74, 6) is 0.727. The van der Waals surface area contributed by atoms with Crippen LogP contribution in [0.3, 0.4) is 0 Å². The predicted octanol–water partition coefficient (Wildman–Crippen LogP) is 5.71. The van der Waals surface area contributed by atoms with Gasteiger partial charge in [0.05, 0.1) is 34.6 Å². The van der Waals surface area contributed by atoms with E-state index in [2.05, 4.69) is 6.07 Å². The van der Waals surface area contributed by atoms with Crippen molar-refractivity contribution in [1.29, 1.82) is 0 Å². The Labute approximate surface area is 231 Å². The Morgan fingerprint density at radius 2 is 1.89 bits per heavy atom. The average molecular weight is 573 g/mol. The van der Waals surface area contributed by atoms with Crippen LogP contribution in [-0.2, 0) is 38.1 Å². The number of hydrogen-bond donors (Lipinski definition) is 0. The lowest BCUT2D eigenvalue weighted by atomic mass is 9.91. The number of carbonyl (C=O) groups excluding carboxylic acids is 1. The van der Waals surface area contributed by atoms with E-state index in [1.807, 2.05) is 41.1 Å². The standard InChI is InChI=1S/C28H29ClN2O5S2/c1-35-25-7-3-6-23-28(25)22(18-38(33,34)27-11-10-26(29)37-27)30-31(23)17-20-5-2-4-19(16-20)8-9-24(32)21-12-14-36-15-13-21/h2-7,10-11,16,21H,8-9,12-15,17-18H2,1H3. The monoisotopic (exact) mass is 572 g/mol. The van der Waals surface area contributed by atoms with Crippen molar-refractivity contribution in [2.75, 3.05) is 20.3 Å². The first-order chi connectivity index (χ1) is 18.3. The third-order valence-corrected chi connectivity index (χ3v) is 10.3. The second kappa shape index (κ2) is 11.6. The number of fused-ring (bicyclic) bond motifs is 1. The molecular formula is C28H29ClN2O5S2. The number of nitrogens with zero attached hydrogens (tertiary/aromatic N) is 2. The van der Waals surface area contributed by atoms with Gasteiger partial charge in [-0.1, -0.05) is 41.9 Å². The molecule has 1 aliphatic rings. The van der Waals surface area contributed by atoms with Crippen LogP contribution in [0.15, 0.2) is 58.8 Å². The van der Waals surface area contributed by atoms with Crippen molar-refractivity contribution in [2.24, 2.45) is 5.92 Å². The topological polar surface area (TPSA) is 87.5 Å². The SMILES string of the molecule is COc1cccc2c1c(CS(=O)(=O)c1ccc(Cl)s1)nn2Cc1cccc(CCC(=O)C2CCOCC2)c1. The van der Waals surface area contributed by atoms with Crippen LogP contribution < -0.4 is 4.74 Å². The Kier molecular flexibility index (Phi) is 8.18. The zero-order valence-electron chi connectivity index (χ0n) is 21.1. The molecule has 2 aromatic carbocycles. The van der Waals surface area contributed by atoms with Crippen molar-refractivity contribution in [1.82, 2.24) is 9.78 Å². The lowest BCUT2D eigenvalue weighted by Gasteiger charge is -2.20. The molecule has 7 nitrogen and oxygen atoms in total. The first-order valence-electron chi connectivity index (χ1n) is 12.5. The molecule has 0 amide bonds. The number of aryl methyl sites for hydroxylation is 1. The molecule has 0 aliphatic carbocycles. The summed E-state index contributed by atoms with van der Waals surface area (Å²) in [6.07, 6.45) is 2.83. The van der Waals surface area contributed by atoms with Gasteiger partial charge in [-0.3, -0.25) is 9.48 Å². The number of rotatable bonds is 10. The van der Waals surface area contributed by atoms with Gasteiger partial charge in [-0.05, 0) is 54.7 Å². The second-order valence-corrected chi connectivity index (χ2v) is 13.4. The number of aromatic nitrogens is 2. The summed E-state index contributed by atoms with van der Waals surface area (Å²) in [4.78, 5) is 12.6. The van der Waals surface area contributed by atoms with Crippen LogP contribution in [-0.4, -0.2) is 44.3 Å². The van der Waals surface area contributed by atoms with Gasteiger partial charge in [-0.15, -0.1) is 11.3 Å². The molecule has 200 valence electrons. The molecule has 0 radical (unpaired) electrons. The van der Waals surface area contributed by atoms with Gasteiger partial charge >= 0.3 is 0 Å². The number of Topliss-reactive ketones (excluding diaryl/α,β-unsaturated/α-hetero) is 1. The number of ether oxygens (including phenoxy) is 2. The molecule has 0 saturated carbocycles. The summed E-state index contributed by atoms with van der Waals surface area (Å²) < 4.78 is 39.7. The molecule has 1 fully saturated rings. The normalized spacial score (nSPS) is 14.7. The van der Waals surface area contributed by atoms with Gasteiger partial charge < -0.3 is 9.47 Å². The Morgan fingerprint density at radius 3 is 2.63 bits per heavy atom. The maximum Gasteiger partial charge on any atom is 0.193 e. The second-order valence-electron chi connectivity index (χ2n) is 9.45. The van der Waals surface area contributed by atoms with Crippen LogP contribution in [0, 0.1) is 5.92 Å². The summed E-state index contributed by atoms with van der Waals surface area (Å²) >= 11 is 7.03. The van der Waals surface area contributed by atoms with E-state index in [9.17, 15) is 13.2 Å². The summed E-state index contributed by atoms with van der Waals surface area (Å²) in [5.41, 5.74) is 3.33. The van der Waals surface area contributed by atoms with Gasteiger partial charge in [0.15, 0.2) is 9.84 Å². The molecule has 2 aromatic heterocycles. The van der Waals surface area contributed by atoms with E-state index in [4.69, 9.17) is 26.2 Å². The fourth-order valence-corrected chi connectivity index (χ4v) is 7.78. The minimum absolute atomic E-state index is 0.109. The largest absolute Gasteiger partial charge is 0.496 e. The van der Waals surface area contributed by atoms with Crippen LogP contribution in [0.25, 0.3) is 10.9 Å². The van der Waals surface area contributed by atoms with Crippen LogP contribution in [0.5, 0.6) is 5.75 Å². The summed E-state index contributed by atoms with van der Waals surface area (Å²) in [6, 6.07) is 16.8. The lowest BCUT2D eigenvalue weighted by molar-refractivity contribution is -0.125. The molecule has 0 N–H and O–H groups in total. The molecule has 10 heteroatoms. The lowest BCUT2D eigenvalue weighted by Crippen LogP contribution is -2.23. The zero-order valence-corrected chi connectivity index (χ0v) is 23.4. The summed E-state index contributed by atoms with van der Waals surface area (Å²) in [7, 11) is -2.07. The first-order valence-corrected chi connectivity index (χ1v) is 15.4. The molecular weight excluding hydrogens is 544 g/mol. The minimum atomic E-state index is -3.64. The number of sulfone groups is 1. The van der Waals surface area contributed by atoms with Crippen LogP contribution in [0.4, 0.5) is 0 Å². The third-order valence-electron chi connectivity index (χ3n) is 6.87. The molecule has 0 bridgehead atoms. The van der Waals surface area contributed by atoms with E-state index < -0.39 is 9.84 Å². The maximum absolute atomic E-state index is 13.1. The molecule has 5 rings (SSSR count). The number of carbonyl (C=O) groups is 1. The zero-order chi connectivity index (χ0) is 26.7. The van der Waals surface area contributed by atoms with Gasteiger partial charge in [0.1, 0.15) is 21.5 Å². The van der Waals surface area contributed by atoms with Crippen LogP contribution >= 0.6 is 22.9 Å². The van der Waals surface area contributed by atoms with E-state index >= 15 is 0 Å². The van der Waals surface area contributed by atoms with Crippen molar-refractivity contribution in [3.8, 4) is 5.75 Å². The van der Waals surface area contributed by atoms with Crippen molar-refractivity contribution in [3.05, 3.63) is 75.8 Å². The highest BCUT2D eigenvalue weighted by Gasteiger charge is 2.24. The molecule has 0 unspecified atom stereocenters. The molecule has 1 saturated heterocycles. The smallest absolute Gasteiger partial charge is 0.193 e. The molecule has 38 heavy (non-hydrogen) atoms. The number of methoxy groups -OCH3 is 1. The highest BCUT2D eigenvalue weighted by molar-refractivity contribution is 7.92. The number of halogens is 1. The summed E-state index contributed by atoms with van der Waals surface area (Å²) in [6.45, 7) is 1.79. The Morgan fingerprint density at radius 1 is 1.13 bits per heavy atom. The van der Waals surface area contributed by atoms with Gasteiger partial charge in [0.25, 0.3) is 0 Å². The van der Waals surface area contributed by atoms with E-state index in [0.717, 1.165) is 40.8 Å².